The highest BCUT2D eigenvalue weighted by molar-refractivity contribution is 5.09. The third kappa shape index (κ3) is 2.08. The molecule has 1 N–H and O–H groups in total. The van der Waals surface area contributed by atoms with Gasteiger partial charge in [0, 0.05) is 12.7 Å². The molecule has 0 amide bonds. The normalized spacial score (nSPS) is 11.1. The maximum absolute atomic E-state index is 8.83. The predicted molar refractivity (Wildman–Crippen MR) is 47.7 cm³/mol. The molecule has 1 aromatic rings. The van der Waals surface area contributed by atoms with Crippen LogP contribution in [0.2, 0.25) is 0 Å². The van der Waals surface area contributed by atoms with Gasteiger partial charge in [-0.25, -0.2) is 0 Å². The zero-order valence-corrected chi connectivity index (χ0v) is 7.91. The molecule has 1 aromatic heterocycles. The highest BCUT2D eigenvalue weighted by Gasteiger charge is 2.05. The molecule has 0 saturated carbocycles. The Labute approximate surface area is 73.0 Å². The van der Waals surface area contributed by atoms with Crippen molar-refractivity contribution in [1.82, 2.24) is 9.78 Å². The molecule has 12 heavy (non-hydrogen) atoms. The van der Waals surface area contributed by atoms with E-state index in [2.05, 4.69) is 18.9 Å². The van der Waals surface area contributed by atoms with Crippen molar-refractivity contribution < 1.29 is 5.11 Å². The molecule has 0 spiro atoms. The number of aromatic nitrogens is 2. The minimum Gasteiger partial charge on any atom is -0.390 e. The highest BCUT2D eigenvalue weighted by Crippen LogP contribution is 2.08. The maximum Gasteiger partial charge on any atom is 0.0881 e. The van der Waals surface area contributed by atoms with Gasteiger partial charge in [0.05, 0.1) is 12.3 Å². The molecule has 0 aromatic carbocycles. The number of rotatable bonds is 3. The zero-order chi connectivity index (χ0) is 9.14. The summed E-state index contributed by atoms with van der Waals surface area (Å²) in [6, 6.07) is 1.96. The van der Waals surface area contributed by atoms with Crippen LogP contribution in [0, 0.1) is 5.92 Å². The average molecular weight is 168 g/mol. The summed E-state index contributed by atoms with van der Waals surface area (Å²) in [5.41, 5.74) is 1.95. The lowest BCUT2D eigenvalue weighted by Crippen LogP contribution is -2.02. The molecule has 0 saturated heterocycles. The molecule has 0 aliphatic rings. The van der Waals surface area contributed by atoms with E-state index in [0.29, 0.717) is 5.92 Å². The van der Waals surface area contributed by atoms with E-state index in [1.807, 2.05) is 17.8 Å². The number of nitrogens with zero attached hydrogens (tertiary/aromatic N) is 2. The van der Waals surface area contributed by atoms with Crippen molar-refractivity contribution in [2.45, 2.75) is 26.9 Å². The number of aryl methyl sites for hydroxylation is 1. The topological polar surface area (TPSA) is 38.1 Å². The fraction of sp³-hybridized carbons (Fsp3) is 0.667. The third-order valence-electron chi connectivity index (χ3n) is 1.81. The summed E-state index contributed by atoms with van der Waals surface area (Å²) in [5, 5.41) is 13.0. The van der Waals surface area contributed by atoms with Crippen molar-refractivity contribution >= 4 is 0 Å². The Morgan fingerprint density at radius 3 is 2.67 bits per heavy atom. The summed E-state index contributed by atoms with van der Waals surface area (Å²) in [6.45, 7) is 4.38. The van der Waals surface area contributed by atoms with Crippen molar-refractivity contribution in [2.24, 2.45) is 13.0 Å². The molecule has 3 nitrogen and oxygen atoms in total. The number of aliphatic hydroxyl groups is 1. The van der Waals surface area contributed by atoms with Crippen molar-refractivity contribution in [3.05, 3.63) is 17.5 Å². The van der Waals surface area contributed by atoms with E-state index in [0.717, 1.165) is 12.1 Å². The minimum atomic E-state index is 0.0337. The minimum absolute atomic E-state index is 0.0337. The molecule has 0 aliphatic carbocycles. The average Bonchev–Trinajstić information content (AvgIpc) is 2.31. The van der Waals surface area contributed by atoms with Crippen LogP contribution in [-0.4, -0.2) is 14.9 Å². The summed E-state index contributed by atoms with van der Waals surface area (Å²) in [4.78, 5) is 0. The summed E-state index contributed by atoms with van der Waals surface area (Å²) in [7, 11) is 1.91. The van der Waals surface area contributed by atoms with E-state index < -0.39 is 0 Å². The standard InChI is InChI=1S/C9H16N2O/c1-7(2)4-9-5-8(6-12)10-11(9)3/h5,7,12H,4,6H2,1-3H3. The van der Waals surface area contributed by atoms with Gasteiger partial charge in [-0.3, -0.25) is 4.68 Å². The van der Waals surface area contributed by atoms with E-state index in [1.165, 1.54) is 5.69 Å². The van der Waals surface area contributed by atoms with Crippen LogP contribution in [0.15, 0.2) is 6.07 Å². The molecule has 0 unspecified atom stereocenters. The molecule has 3 heteroatoms. The highest BCUT2D eigenvalue weighted by atomic mass is 16.3. The van der Waals surface area contributed by atoms with Crippen molar-refractivity contribution in [2.75, 3.05) is 0 Å². The van der Waals surface area contributed by atoms with Gasteiger partial charge in [-0.2, -0.15) is 5.10 Å². The van der Waals surface area contributed by atoms with Crippen molar-refractivity contribution in [3.63, 3.8) is 0 Å². The monoisotopic (exact) mass is 168 g/mol. The van der Waals surface area contributed by atoms with Crippen LogP contribution in [0.5, 0.6) is 0 Å². The first kappa shape index (κ1) is 9.26. The van der Waals surface area contributed by atoms with E-state index in [9.17, 15) is 0 Å². The fourth-order valence-electron chi connectivity index (χ4n) is 1.26. The Morgan fingerprint density at radius 1 is 1.58 bits per heavy atom. The maximum atomic E-state index is 8.83. The van der Waals surface area contributed by atoms with Gasteiger partial charge < -0.3 is 5.11 Å². The Morgan fingerprint density at radius 2 is 2.25 bits per heavy atom. The van der Waals surface area contributed by atoms with E-state index >= 15 is 0 Å². The lowest BCUT2D eigenvalue weighted by atomic mass is 10.1. The quantitative estimate of drug-likeness (QED) is 0.734. The number of aliphatic hydroxyl groups excluding tert-OH is 1. The molecular formula is C9H16N2O. The summed E-state index contributed by atoms with van der Waals surface area (Å²) in [6.07, 6.45) is 1.02. The second kappa shape index (κ2) is 3.72. The second-order valence-electron chi connectivity index (χ2n) is 3.51. The fourth-order valence-corrected chi connectivity index (χ4v) is 1.26. The molecule has 1 rings (SSSR count). The summed E-state index contributed by atoms with van der Waals surface area (Å²) in [5.74, 6) is 0.631. The van der Waals surface area contributed by atoms with Gasteiger partial charge in [0.2, 0.25) is 0 Å². The van der Waals surface area contributed by atoms with Gasteiger partial charge in [-0.1, -0.05) is 13.8 Å². The summed E-state index contributed by atoms with van der Waals surface area (Å²) < 4.78 is 1.84. The van der Waals surface area contributed by atoms with Crippen LogP contribution in [0.25, 0.3) is 0 Å². The van der Waals surface area contributed by atoms with Crippen LogP contribution in [0.3, 0.4) is 0 Å². The van der Waals surface area contributed by atoms with Crippen LogP contribution in [0.4, 0.5) is 0 Å². The molecule has 0 radical (unpaired) electrons. The Balaban J connectivity index is 2.77. The first-order valence-corrected chi connectivity index (χ1v) is 4.26. The lowest BCUT2D eigenvalue weighted by Gasteiger charge is -2.03. The van der Waals surface area contributed by atoms with Gasteiger partial charge in [0.1, 0.15) is 0 Å². The van der Waals surface area contributed by atoms with E-state index in [1.54, 1.807) is 0 Å². The van der Waals surface area contributed by atoms with Gasteiger partial charge >= 0.3 is 0 Å². The first-order chi connectivity index (χ1) is 5.63. The second-order valence-corrected chi connectivity index (χ2v) is 3.51. The predicted octanol–water partition coefficient (Wildman–Crippen LogP) is 1.11. The van der Waals surface area contributed by atoms with Crippen LogP contribution >= 0.6 is 0 Å². The third-order valence-corrected chi connectivity index (χ3v) is 1.81. The lowest BCUT2D eigenvalue weighted by molar-refractivity contribution is 0.275. The number of hydrogen-bond donors (Lipinski definition) is 1. The van der Waals surface area contributed by atoms with E-state index in [-0.39, 0.29) is 6.61 Å². The SMILES string of the molecule is CC(C)Cc1cc(CO)nn1C. The molecular weight excluding hydrogens is 152 g/mol. The molecule has 0 aliphatic heterocycles. The van der Waals surface area contributed by atoms with Crippen LogP contribution < -0.4 is 0 Å². The van der Waals surface area contributed by atoms with Crippen LogP contribution in [0.1, 0.15) is 25.2 Å². The van der Waals surface area contributed by atoms with Crippen molar-refractivity contribution in [1.29, 1.82) is 0 Å². The Kier molecular flexibility index (Phi) is 2.87. The van der Waals surface area contributed by atoms with Crippen molar-refractivity contribution in [3.8, 4) is 0 Å². The Bertz CT molecular complexity index is 253. The van der Waals surface area contributed by atoms with Gasteiger partial charge in [0.15, 0.2) is 0 Å². The zero-order valence-electron chi connectivity index (χ0n) is 7.91. The molecule has 0 fully saturated rings. The summed E-state index contributed by atoms with van der Waals surface area (Å²) >= 11 is 0. The molecule has 0 bridgehead atoms. The smallest absolute Gasteiger partial charge is 0.0881 e. The van der Waals surface area contributed by atoms with Crippen LogP contribution in [-0.2, 0) is 20.1 Å². The number of hydrogen-bond acceptors (Lipinski definition) is 2. The van der Waals surface area contributed by atoms with Gasteiger partial charge in [-0.15, -0.1) is 0 Å². The largest absolute Gasteiger partial charge is 0.390 e. The van der Waals surface area contributed by atoms with Gasteiger partial charge in [-0.05, 0) is 18.4 Å². The van der Waals surface area contributed by atoms with Gasteiger partial charge in [0.25, 0.3) is 0 Å². The van der Waals surface area contributed by atoms with E-state index in [4.69, 9.17) is 5.11 Å². The molecule has 68 valence electrons. The molecule has 1 heterocycles. The first-order valence-electron chi connectivity index (χ1n) is 4.26. The Hall–Kier alpha value is -0.830. The molecule has 0 atom stereocenters.